The summed E-state index contributed by atoms with van der Waals surface area (Å²) in [4.78, 5) is 11.3. The molecule has 0 aliphatic heterocycles. The van der Waals surface area contributed by atoms with Gasteiger partial charge in [0.2, 0.25) is 0 Å². The summed E-state index contributed by atoms with van der Waals surface area (Å²) < 4.78 is 0. The Kier molecular flexibility index (Phi) is 4.70. The number of anilines is 1. The van der Waals surface area contributed by atoms with Gasteiger partial charge in [-0.25, -0.2) is 4.79 Å². The number of hydrogen-bond donors (Lipinski definition) is 2. The fraction of sp³-hybridized carbons (Fsp3) is 0.533. The van der Waals surface area contributed by atoms with E-state index in [1.807, 2.05) is 0 Å². The number of hydrogen-bond acceptors (Lipinski definition) is 2. The van der Waals surface area contributed by atoms with Crippen LogP contribution in [0.5, 0.6) is 0 Å². The molecule has 3 nitrogen and oxygen atoms in total. The SMILES string of the molecule is CCC1CCCC(Nc2cccc(Cl)c2C(=O)O)C1. The molecule has 2 rings (SSSR count). The summed E-state index contributed by atoms with van der Waals surface area (Å²) >= 11 is 5.98. The highest BCUT2D eigenvalue weighted by Gasteiger charge is 2.22. The van der Waals surface area contributed by atoms with Gasteiger partial charge in [0.05, 0.1) is 10.7 Å². The third-order valence-electron chi connectivity index (χ3n) is 3.95. The molecule has 2 N–H and O–H groups in total. The molecule has 104 valence electrons. The van der Waals surface area contributed by atoms with E-state index in [-0.39, 0.29) is 5.56 Å². The second-order valence-corrected chi connectivity index (χ2v) is 5.66. The molecule has 19 heavy (non-hydrogen) atoms. The van der Waals surface area contributed by atoms with Crippen molar-refractivity contribution >= 4 is 23.3 Å². The van der Waals surface area contributed by atoms with Gasteiger partial charge in [0, 0.05) is 6.04 Å². The standard InChI is InChI=1S/C15H20ClNO2/c1-2-10-5-3-6-11(9-10)17-13-8-4-7-12(16)14(13)15(18)19/h4,7-8,10-11,17H,2-3,5-6,9H2,1H3,(H,18,19). The molecule has 0 amide bonds. The van der Waals surface area contributed by atoms with Gasteiger partial charge in [-0.3, -0.25) is 0 Å². The molecular formula is C15H20ClNO2. The Labute approximate surface area is 119 Å². The number of carboxylic acid groups (broad SMARTS) is 1. The predicted molar refractivity (Wildman–Crippen MR) is 78.1 cm³/mol. The van der Waals surface area contributed by atoms with Crippen LogP contribution < -0.4 is 5.32 Å². The van der Waals surface area contributed by atoms with Crippen molar-refractivity contribution in [2.45, 2.75) is 45.1 Å². The summed E-state index contributed by atoms with van der Waals surface area (Å²) in [6.07, 6.45) is 5.90. The third kappa shape index (κ3) is 3.41. The molecule has 1 fully saturated rings. The van der Waals surface area contributed by atoms with E-state index in [9.17, 15) is 9.90 Å². The highest BCUT2D eigenvalue weighted by molar-refractivity contribution is 6.34. The smallest absolute Gasteiger partial charge is 0.339 e. The first kappa shape index (κ1) is 14.2. The minimum absolute atomic E-state index is 0.183. The second-order valence-electron chi connectivity index (χ2n) is 5.25. The third-order valence-corrected chi connectivity index (χ3v) is 4.26. The number of aromatic carboxylic acids is 1. The van der Waals surface area contributed by atoms with Crippen LogP contribution in [-0.2, 0) is 0 Å². The lowest BCUT2D eigenvalue weighted by atomic mass is 9.84. The Morgan fingerprint density at radius 3 is 2.95 bits per heavy atom. The van der Waals surface area contributed by atoms with Gasteiger partial charge in [-0.2, -0.15) is 0 Å². The average molecular weight is 282 g/mol. The first-order valence-corrected chi connectivity index (χ1v) is 7.28. The van der Waals surface area contributed by atoms with Crippen LogP contribution in [0.3, 0.4) is 0 Å². The van der Waals surface area contributed by atoms with E-state index >= 15 is 0 Å². The monoisotopic (exact) mass is 281 g/mol. The fourth-order valence-corrected chi connectivity index (χ4v) is 3.13. The number of carboxylic acids is 1. The number of carbonyl (C=O) groups is 1. The average Bonchev–Trinajstić information content (AvgIpc) is 2.38. The van der Waals surface area contributed by atoms with Crippen molar-refractivity contribution in [3.63, 3.8) is 0 Å². The molecule has 0 spiro atoms. The van der Waals surface area contributed by atoms with Crippen LogP contribution in [0, 0.1) is 5.92 Å². The number of halogens is 1. The normalized spacial score (nSPS) is 23.1. The molecule has 4 heteroatoms. The number of rotatable bonds is 4. The van der Waals surface area contributed by atoms with Gasteiger partial charge in [0.1, 0.15) is 5.56 Å². The molecule has 1 aromatic carbocycles. The molecule has 0 heterocycles. The minimum Gasteiger partial charge on any atom is -0.478 e. The highest BCUT2D eigenvalue weighted by atomic mass is 35.5. The van der Waals surface area contributed by atoms with Crippen molar-refractivity contribution in [3.05, 3.63) is 28.8 Å². The zero-order valence-electron chi connectivity index (χ0n) is 11.2. The zero-order chi connectivity index (χ0) is 13.8. The van der Waals surface area contributed by atoms with Gasteiger partial charge in [0.15, 0.2) is 0 Å². The molecule has 2 unspecified atom stereocenters. The van der Waals surface area contributed by atoms with Gasteiger partial charge in [-0.1, -0.05) is 43.9 Å². The Balaban J connectivity index is 2.14. The van der Waals surface area contributed by atoms with E-state index in [2.05, 4.69) is 12.2 Å². The van der Waals surface area contributed by atoms with Crippen LogP contribution in [0.25, 0.3) is 0 Å². The largest absolute Gasteiger partial charge is 0.478 e. The molecule has 0 aromatic heterocycles. The van der Waals surface area contributed by atoms with Crippen LogP contribution >= 0.6 is 11.6 Å². The van der Waals surface area contributed by atoms with Crippen molar-refractivity contribution in [1.29, 1.82) is 0 Å². The topological polar surface area (TPSA) is 49.3 Å². The van der Waals surface area contributed by atoms with Crippen molar-refractivity contribution in [2.75, 3.05) is 5.32 Å². The van der Waals surface area contributed by atoms with E-state index in [0.29, 0.717) is 16.8 Å². The van der Waals surface area contributed by atoms with Crippen LogP contribution in [0.2, 0.25) is 5.02 Å². The van der Waals surface area contributed by atoms with Crippen LogP contribution in [0.4, 0.5) is 5.69 Å². The molecule has 2 atom stereocenters. The van der Waals surface area contributed by atoms with E-state index in [1.165, 1.54) is 19.3 Å². The van der Waals surface area contributed by atoms with Crippen LogP contribution in [0.15, 0.2) is 18.2 Å². The molecule has 1 aliphatic carbocycles. The quantitative estimate of drug-likeness (QED) is 0.859. The predicted octanol–water partition coefficient (Wildman–Crippen LogP) is 4.42. The van der Waals surface area contributed by atoms with Gasteiger partial charge in [-0.15, -0.1) is 0 Å². The molecular weight excluding hydrogens is 262 g/mol. The molecule has 0 bridgehead atoms. The summed E-state index contributed by atoms with van der Waals surface area (Å²) in [6.45, 7) is 2.22. The lowest BCUT2D eigenvalue weighted by Crippen LogP contribution is -2.27. The molecule has 1 aliphatic rings. The first-order valence-electron chi connectivity index (χ1n) is 6.90. The maximum atomic E-state index is 11.3. The van der Waals surface area contributed by atoms with E-state index < -0.39 is 5.97 Å². The zero-order valence-corrected chi connectivity index (χ0v) is 11.9. The van der Waals surface area contributed by atoms with E-state index in [1.54, 1.807) is 18.2 Å². The number of benzene rings is 1. The Hall–Kier alpha value is -1.22. The Morgan fingerprint density at radius 2 is 2.26 bits per heavy atom. The van der Waals surface area contributed by atoms with E-state index in [4.69, 9.17) is 11.6 Å². The summed E-state index contributed by atoms with van der Waals surface area (Å²) in [5.41, 5.74) is 0.824. The Morgan fingerprint density at radius 1 is 1.47 bits per heavy atom. The maximum Gasteiger partial charge on any atom is 0.339 e. The summed E-state index contributed by atoms with van der Waals surface area (Å²) in [6, 6.07) is 5.56. The lowest BCUT2D eigenvalue weighted by Gasteiger charge is -2.30. The summed E-state index contributed by atoms with van der Waals surface area (Å²) in [5, 5.41) is 12.9. The van der Waals surface area contributed by atoms with Crippen LogP contribution in [-0.4, -0.2) is 17.1 Å². The molecule has 1 aromatic rings. The van der Waals surface area contributed by atoms with Gasteiger partial charge in [0.25, 0.3) is 0 Å². The van der Waals surface area contributed by atoms with Gasteiger partial charge < -0.3 is 10.4 Å². The van der Waals surface area contributed by atoms with Crippen LogP contribution in [0.1, 0.15) is 49.4 Å². The van der Waals surface area contributed by atoms with Crippen molar-refractivity contribution < 1.29 is 9.90 Å². The Bertz CT molecular complexity index is 461. The number of nitrogens with one attached hydrogen (secondary N) is 1. The molecule has 0 radical (unpaired) electrons. The van der Waals surface area contributed by atoms with Crippen molar-refractivity contribution in [2.24, 2.45) is 5.92 Å². The summed E-state index contributed by atoms with van der Waals surface area (Å²) in [7, 11) is 0. The second kappa shape index (κ2) is 6.29. The van der Waals surface area contributed by atoms with Gasteiger partial charge >= 0.3 is 5.97 Å². The first-order chi connectivity index (χ1) is 9.11. The lowest BCUT2D eigenvalue weighted by molar-refractivity contribution is 0.0698. The van der Waals surface area contributed by atoms with E-state index in [0.717, 1.165) is 18.8 Å². The van der Waals surface area contributed by atoms with Crippen molar-refractivity contribution in [3.8, 4) is 0 Å². The highest BCUT2D eigenvalue weighted by Crippen LogP contribution is 2.31. The van der Waals surface area contributed by atoms with Gasteiger partial charge in [-0.05, 0) is 30.9 Å². The van der Waals surface area contributed by atoms with Crippen molar-refractivity contribution in [1.82, 2.24) is 0 Å². The minimum atomic E-state index is -0.976. The fourth-order valence-electron chi connectivity index (χ4n) is 2.87. The molecule has 0 saturated heterocycles. The summed E-state index contributed by atoms with van der Waals surface area (Å²) in [5.74, 6) is -0.227. The molecule has 1 saturated carbocycles. The maximum absolute atomic E-state index is 11.3.